The molecule has 29 heavy (non-hydrogen) atoms. The van der Waals surface area contributed by atoms with E-state index in [-0.39, 0.29) is 18.0 Å². The molecule has 0 spiro atoms. The van der Waals surface area contributed by atoms with Crippen LogP contribution in [-0.2, 0) is 0 Å². The van der Waals surface area contributed by atoms with Crippen molar-refractivity contribution in [1.82, 2.24) is 14.9 Å². The minimum atomic E-state index is -0.0898. The van der Waals surface area contributed by atoms with Crippen LogP contribution in [0.25, 0.3) is 11.5 Å². The lowest BCUT2D eigenvalue weighted by atomic mass is 9.96. The van der Waals surface area contributed by atoms with E-state index in [9.17, 15) is 4.79 Å². The first-order valence-electron chi connectivity index (χ1n) is 9.72. The molecule has 0 radical (unpaired) electrons. The number of rotatable bonds is 4. The van der Waals surface area contributed by atoms with Gasteiger partial charge >= 0.3 is 0 Å². The SMILES string of the molecule is Cc1cnc(C(=O)N2CCC[C@@H](Nc3ccc(Br)cc3)[C@@H]2C)c(-c2ncco2)c1. The summed E-state index contributed by atoms with van der Waals surface area (Å²) in [5.41, 5.74) is 3.02. The average molecular weight is 455 g/mol. The molecule has 4 rings (SSSR count). The molecular formula is C22H23BrN4O2. The van der Waals surface area contributed by atoms with Gasteiger partial charge in [-0.15, -0.1) is 0 Å². The van der Waals surface area contributed by atoms with Gasteiger partial charge in [-0.25, -0.2) is 9.97 Å². The van der Waals surface area contributed by atoms with Crippen molar-refractivity contribution < 1.29 is 9.21 Å². The van der Waals surface area contributed by atoms with Crippen molar-refractivity contribution in [3.63, 3.8) is 0 Å². The Morgan fingerprint density at radius 3 is 2.79 bits per heavy atom. The Kier molecular flexibility index (Phi) is 5.67. The highest BCUT2D eigenvalue weighted by molar-refractivity contribution is 9.10. The fourth-order valence-corrected chi connectivity index (χ4v) is 4.04. The van der Waals surface area contributed by atoms with Crippen LogP contribution in [0.3, 0.4) is 0 Å². The number of nitrogens with one attached hydrogen (secondary N) is 1. The highest BCUT2D eigenvalue weighted by Gasteiger charge is 2.33. The predicted octanol–water partition coefficient (Wildman–Crippen LogP) is 4.91. The van der Waals surface area contributed by atoms with Crippen molar-refractivity contribution >= 4 is 27.5 Å². The molecule has 0 saturated carbocycles. The molecule has 3 aromatic rings. The lowest BCUT2D eigenvalue weighted by Crippen LogP contribution is -2.52. The number of aromatic nitrogens is 2. The molecule has 1 fully saturated rings. The van der Waals surface area contributed by atoms with Gasteiger partial charge in [-0.1, -0.05) is 15.9 Å². The lowest BCUT2D eigenvalue weighted by molar-refractivity contribution is 0.0611. The molecular weight excluding hydrogens is 432 g/mol. The fourth-order valence-electron chi connectivity index (χ4n) is 3.78. The van der Waals surface area contributed by atoms with Crippen molar-refractivity contribution in [2.75, 3.05) is 11.9 Å². The summed E-state index contributed by atoms with van der Waals surface area (Å²) in [6.45, 7) is 4.74. The summed E-state index contributed by atoms with van der Waals surface area (Å²) in [4.78, 5) is 24.0. The molecule has 6 nitrogen and oxygen atoms in total. The number of halogens is 1. The Hall–Kier alpha value is -2.67. The molecule has 2 aromatic heterocycles. The Morgan fingerprint density at radius 1 is 1.28 bits per heavy atom. The maximum atomic E-state index is 13.4. The van der Waals surface area contributed by atoms with E-state index in [4.69, 9.17) is 4.42 Å². The maximum absolute atomic E-state index is 13.4. The van der Waals surface area contributed by atoms with Gasteiger partial charge < -0.3 is 14.6 Å². The molecule has 1 aliphatic rings. The second-order valence-corrected chi connectivity index (χ2v) is 8.30. The molecule has 0 unspecified atom stereocenters. The number of hydrogen-bond acceptors (Lipinski definition) is 5. The van der Waals surface area contributed by atoms with E-state index in [0.29, 0.717) is 23.7 Å². The number of carbonyl (C=O) groups is 1. The van der Waals surface area contributed by atoms with E-state index in [0.717, 1.165) is 28.6 Å². The van der Waals surface area contributed by atoms with E-state index in [1.807, 2.05) is 42.2 Å². The minimum Gasteiger partial charge on any atom is -0.444 e. The van der Waals surface area contributed by atoms with Crippen molar-refractivity contribution in [2.45, 2.75) is 38.8 Å². The number of hydrogen-bond donors (Lipinski definition) is 1. The molecule has 1 saturated heterocycles. The molecule has 150 valence electrons. The molecule has 3 heterocycles. The number of nitrogens with zero attached hydrogens (tertiary/aromatic N) is 3. The highest BCUT2D eigenvalue weighted by atomic mass is 79.9. The van der Waals surface area contributed by atoms with Gasteiger partial charge in [-0.3, -0.25) is 4.79 Å². The van der Waals surface area contributed by atoms with Gasteiger partial charge in [0.2, 0.25) is 5.89 Å². The summed E-state index contributed by atoms with van der Waals surface area (Å²) in [6.07, 6.45) is 6.74. The zero-order chi connectivity index (χ0) is 20.4. The quantitative estimate of drug-likeness (QED) is 0.605. The van der Waals surface area contributed by atoms with Gasteiger partial charge in [0.15, 0.2) is 0 Å². The number of piperidine rings is 1. The topological polar surface area (TPSA) is 71.3 Å². The maximum Gasteiger partial charge on any atom is 0.273 e. The second kappa shape index (κ2) is 8.37. The minimum absolute atomic E-state index is 0.0282. The highest BCUT2D eigenvalue weighted by Crippen LogP contribution is 2.27. The standard InChI is InChI=1S/C22H23BrN4O2/c1-14-12-18(21-24-9-11-29-21)20(25-13-14)22(28)27-10-3-4-19(15(27)2)26-17-7-5-16(23)6-8-17/h5-9,11-13,15,19,26H,3-4,10H2,1-2H3/t15-,19+/m0/s1. The summed E-state index contributed by atoms with van der Waals surface area (Å²) >= 11 is 3.46. The molecule has 0 aliphatic carbocycles. The predicted molar refractivity (Wildman–Crippen MR) is 116 cm³/mol. The fraction of sp³-hybridized carbons (Fsp3) is 0.318. The van der Waals surface area contributed by atoms with Crippen LogP contribution in [0, 0.1) is 6.92 Å². The van der Waals surface area contributed by atoms with E-state index in [2.05, 4.69) is 38.1 Å². The Bertz CT molecular complexity index is 989. The summed E-state index contributed by atoms with van der Waals surface area (Å²) in [5, 5.41) is 3.58. The van der Waals surface area contributed by atoms with Gasteiger partial charge in [-0.2, -0.15) is 0 Å². The normalized spacial score (nSPS) is 19.2. The summed E-state index contributed by atoms with van der Waals surface area (Å²) in [5.74, 6) is 0.326. The third-order valence-electron chi connectivity index (χ3n) is 5.33. The number of benzene rings is 1. The van der Waals surface area contributed by atoms with Crippen molar-refractivity contribution in [3.8, 4) is 11.5 Å². The third kappa shape index (κ3) is 4.19. The van der Waals surface area contributed by atoms with Crippen LogP contribution >= 0.6 is 15.9 Å². The monoisotopic (exact) mass is 454 g/mol. The van der Waals surface area contributed by atoms with E-state index in [1.165, 1.54) is 6.26 Å². The van der Waals surface area contributed by atoms with E-state index >= 15 is 0 Å². The van der Waals surface area contributed by atoms with Crippen LogP contribution < -0.4 is 5.32 Å². The number of amides is 1. The molecule has 0 bridgehead atoms. The van der Waals surface area contributed by atoms with Crippen molar-refractivity contribution in [1.29, 1.82) is 0 Å². The van der Waals surface area contributed by atoms with Gasteiger partial charge in [-0.05, 0) is 62.6 Å². The lowest BCUT2D eigenvalue weighted by Gasteiger charge is -2.40. The summed E-state index contributed by atoms with van der Waals surface area (Å²) < 4.78 is 6.49. The van der Waals surface area contributed by atoms with Crippen LogP contribution in [0.4, 0.5) is 5.69 Å². The van der Waals surface area contributed by atoms with Crippen LogP contribution in [0.2, 0.25) is 0 Å². The molecule has 2 atom stereocenters. The van der Waals surface area contributed by atoms with Gasteiger partial charge in [0.25, 0.3) is 5.91 Å². The Morgan fingerprint density at radius 2 is 2.07 bits per heavy atom. The summed E-state index contributed by atoms with van der Waals surface area (Å²) in [6, 6.07) is 10.2. The van der Waals surface area contributed by atoms with Crippen LogP contribution in [0.15, 0.2) is 57.9 Å². The smallest absolute Gasteiger partial charge is 0.273 e. The van der Waals surface area contributed by atoms with Crippen molar-refractivity contribution in [2.24, 2.45) is 0 Å². The molecule has 7 heteroatoms. The average Bonchev–Trinajstić information content (AvgIpc) is 3.25. The first-order valence-corrected chi connectivity index (χ1v) is 10.5. The third-order valence-corrected chi connectivity index (χ3v) is 5.86. The van der Waals surface area contributed by atoms with Gasteiger partial charge in [0, 0.05) is 35.0 Å². The first-order chi connectivity index (χ1) is 14.0. The number of anilines is 1. The van der Waals surface area contributed by atoms with Crippen LogP contribution in [0.5, 0.6) is 0 Å². The number of oxazole rings is 1. The van der Waals surface area contributed by atoms with Gasteiger partial charge in [0.1, 0.15) is 12.0 Å². The number of likely N-dealkylation sites (tertiary alicyclic amines) is 1. The zero-order valence-corrected chi connectivity index (χ0v) is 18.0. The Labute approximate surface area is 178 Å². The Balaban J connectivity index is 1.58. The van der Waals surface area contributed by atoms with Crippen LogP contribution in [0.1, 0.15) is 35.8 Å². The largest absolute Gasteiger partial charge is 0.444 e. The molecule has 1 aliphatic heterocycles. The number of carbonyl (C=O) groups excluding carboxylic acids is 1. The molecule has 1 aromatic carbocycles. The first kappa shape index (κ1) is 19.6. The van der Waals surface area contributed by atoms with E-state index < -0.39 is 0 Å². The van der Waals surface area contributed by atoms with E-state index in [1.54, 1.807) is 12.4 Å². The van der Waals surface area contributed by atoms with Crippen molar-refractivity contribution in [3.05, 3.63) is 64.7 Å². The second-order valence-electron chi connectivity index (χ2n) is 7.39. The van der Waals surface area contributed by atoms with Gasteiger partial charge in [0.05, 0.1) is 11.8 Å². The zero-order valence-electron chi connectivity index (χ0n) is 16.4. The molecule has 1 amide bonds. The summed E-state index contributed by atoms with van der Waals surface area (Å²) in [7, 11) is 0. The number of pyridine rings is 1. The molecule has 1 N–H and O–H groups in total. The van der Waals surface area contributed by atoms with Crippen LogP contribution in [-0.4, -0.2) is 39.4 Å². The number of aryl methyl sites for hydroxylation is 1.